The van der Waals surface area contributed by atoms with Gasteiger partial charge in [-0.25, -0.2) is 9.07 Å². The average Bonchev–Trinajstić information content (AvgIpc) is 3.17. The molecule has 0 fully saturated rings. The molecule has 2 amide bonds. The van der Waals surface area contributed by atoms with Crippen molar-refractivity contribution in [3.63, 3.8) is 0 Å². The van der Waals surface area contributed by atoms with Crippen LogP contribution < -0.4 is 15.4 Å². The zero-order valence-corrected chi connectivity index (χ0v) is 17.0. The van der Waals surface area contributed by atoms with Crippen LogP contribution in [0.5, 0.6) is 5.75 Å². The zero-order chi connectivity index (χ0) is 21.7. The lowest BCUT2D eigenvalue weighted by Gasteiger charge is -2.09. The van der Waals surface area contributed by atoms with Crippen LogP contribution in [0, 0.1) is 5.82 Å². The van der Waals surface area contributed by atoms with Crippen molar-refractivity contribution >= 4 is 11.8 Å². The lowest BCUT2D eigenvalue weighted by atomic mass is 10.1. The van der Waals surface area contributed by atoms with Gasteiger partial charge < -0.3 is 15.4 Å². The molecule has 0 aliphatic rings. The van der Waals surface area contributed by atoms with Gasteiger partial charge in [-0.05, 0) is 50.2 Å². The molecule has 2 aromatic carbocycles. The number of hydrogen-bond donors (Lipinski definition) is 2. The summed E-state index contributed by atoms with van der Waals surface area (Å²) in [5, 5.41) is 9.87. The first kappa shape index (κ1) is 21.0. The number of methoxy groups -OCH3 is 1. The van der Waals surface area contributed by atoms with Crippen molar-refractivity contribution in [1.82, 2.24) is 20.4 Å². The summed E-state index contributed by atoms with van der Waals surface area (Å²) in [6, 6.07) is 12.9. The fourth-order valence-electron chi connectivity index (χ4n) is 2.88. The first-order valence-electron chi connectivity index (χ1n) is 9.45. The van der Waals surface area contributed by atoms with Gasteiger partial charge in [-0.15, -0.1) is 0 Å². The first-order valence-corrected chi connectivity index (χ1v) is 9.45. The van der Waals surface area contributed by atoms with Gasteiger partial charge in [-0.1, -0.05) is 12.1 Å². The summed E-state index contributed by atoms with van der Waals surface area (Å²) in [7, 11) is 1.55. The van der Waals surface area contributed by atoms with E-state index in [1.54, 1.807) is 43.6 Å². The van der Waals surface area contributed by atoms with Gasteiger partial charge in [0, 0.05) is 17.8 Å². The maximum absolute atomic E-state index is 13.3. The predicted molar refractivity (Wildman–Crippen MR) is 111 cm³/mol. The monoisotopic (exact) mass is 410 g/mol. The number of carbonyl (C=O) groups is 2. The van der Waals surface area contributed by atoms with E-state index in [0.717, 1.165) is 0 Å². The van der Waals surface area contributed by atoms with E-state index in [-0.39, 0.29) is 29.9 Å². The third-order valence-electron chi connectivity index (χ3n) is 4.25. The molecule has 0 radical (unpaired) electrons. The summed E-state index contributed by atoms with van der Waals surface area (Å²) >= 11 is 0. The maximum Gasteiger partial charge on any atom is 0.255 e. The van der Waals surface area contributed by atoms with Gasteiger partial charge in [0.2, 0.25) is 5.91 Å². The largest absolute Gasteiger partial charge is 0.497 e. The van der Waals surface area contributed by atoms with Gasteiger partial charge in [-0.3, -0.25) is 9.59 Å². The van der Waals surface area contributed by atoms with Crippen LogP contribution in [0.1, 0.15) is 24.2 Å². The summed E-state index contributed by atoms with van der Waals surface area (Å²) in [5.74, 6) is -0.480. The van der Waals surface area contributed by atoms with Crippen molar-refractivity contribution in [2.45, 2.75) is 19.9 Å². The smallest absolute Gasteiger partial charge is 0.255 e. The molecule has 156 valence electrons. The number of carbonyl (C=O) groups excluding carboxylic acids is 2. The second-order valence-corrected chi connectivity index (χ2v) is 6.95. The Morgan fingerprint density at radius 3 is 2.57 bits per heavy atom. The first-order chi connectivity index (χ1) is 14.4. The fourth-order valence-corrected chi connectivity index (χ4v) is 2.88. The van der Waals surface area contributed by atoms with Gasteiger partial charge in [0.15, 0.2) is 0 Å². The number of ether oxygens (including phenoxy) is 1. The second-order valence-electron chi connectivity index (χ2n) is 6.95. The van der Waals surface area contributed by atoms with Crippen LogP contribution >= 0.6 is 0 Å². The molecule has 0 bridgehead atoms. The molecule has 0 spiro atoms. The molecule has 0 atom stereocenters. The standard InChI is InChI=1S/C22H23FN4O3/c1-14(2)25-20(28)12-24-22(29)19-13-27(17-9-7-16(23)8-10-17)26-21(19)15-5-4-6-18(11-15)30-3/h4-11,13-14H,12H2,1-3H3,(H,24,29)(H,25,28). The quantitative estimate of drug-likeness (QED) is 0.627. The highest BCUT2D eigenvalue weighted by atomic mass is 19.1. The van der Waals surface area contributed by atoms with Crippen molar-refractivity contribution in [2.24, 2.45) is 0 Å². The highest BCUT2D eigenvalue weighted by Gasteiger charge is 2.20. The Labute approximate surface area is 173 Å². The number of rotatable bonds is 7. The van der Waals surface area contributed by atoms with E-state index in [4.69, 9.17) is 4.74 Å². The number of halogens is 1. The molecule has 0 aliphatic heterocycles. The van der Waals surface area contributed by atoms with Gasteiger partial charge in [0.05, 0.1) is 24.9 Å². The van der Waals surface area contributed by atoms with Crippen LogP contribution in [0.2, 0.25) is 0 Å². The van der Waals surface area contributed by atoms with Crippen molar-refractivity contribution in [1.29, 1.82) is 0 Å². The summed E-state index contributed by atoms with van der Waals surface area (Å²) in [4.78, 5) is 24.7. The number of amides is 2. The van der Waals surface area contributed by atoms with E-state index in [0.29, 0.717) is 22.7 Å². The van der Waals surface area contributed by atoms with Crippen LogP contribution in [0.25, 0.3) is 16.9 Å². The highest BCUT2D eigenvalue weighted by Crippen LogP contribution is 2.27. The van der Waals surface area contributed by atoms with Gasteiger partial charge in [0.1, 0.15) is 17.3 Å². The van der Waals surface area contributed by atoms with Crippen molar-refractivity contribution in [3.05, 3.63) is 66.1 Å². The third kappa shape index (κ3) is 5.02. The maximum atomic E-state index is 13.3. The van der Waals surface area contributed by atoms with Crippen molar-refractivity contribution < 1.29 is 18.7 Å². The second kappa shape index (κ2) is 9.21. The zero-order valence-electron chi connectivity index (χ0n) is 17.0. The third-order valence-corrected chi connectivity index (χ3v) is 4.25. The Morgan fingerprint density at radius 2 is 1.90 bits per heavy atom. The molecule has 2 N–H and O–H groups in total. The molecular formula is C22H23FN4O3. The Morgan fingerprint density at radius 1 is 1.17 bits per heavy atom. The van der Waals surface area contributed by atoms with Crippen LogP contribution in [-0.4, -0.2) is 41.3 Å². The highest BCUT2D eigenvalue weighted by molar-refractivity contribution is 6.01. The molecular weight excluding hydrogens is 387 g/mol. The van der Waals surface area contributed by atoms with Crippen LogP contribution in [0.15, 0.2) is 54.7 Å². The van der Waals surface area contributed by atoms with Gasteiger partial charge >= 0.3 is 0 Å². The lowest BCUT2D eigenvalue weighted by Crippen LogP contribution is -2.39. The van der Waals surface area contributed by atoms with Crippen LogP contribution in [0.3, 0.4) is 0 Å². The number of nitrogens with zero attached hydrogens (tertiary/aromatic N) is 2. The minimum Gasteiger partial charge on any atom is -0.497 e. The molecule has 0 saturated heterocycles. The molecule has 0 saturated carbocycles. The van der Waals surface area contributed by atoms with E-state index in [1.165, 1.54) is 16.8 Å². The number of aromatic nitrogens is 2. The molecule has 8 heteroatoms. The molecule has 30 heavy (non-hydrogen) atoms. The van der Waals surface area contributed by atoms with Crippen molar-refractivity contribution in [2.75, 3.05) is 13.7 Å². The Bertz CT molecular complexity index is 1040. The van der Waals surface area contributed by atoms with E-state index in [2.05, 4.69) is 15.7 Å². The normalized spacial score (nSPS) is 10.7. The Balaban J connectivity index is 1.95. The summed E-state index contributed by atoms with van der Waals surface area (Å²) in [6.07, 6.45) is 1.55. The summed E-state index contributed by atoms with van der Waals surface area (Å²) < 4.78 is 20.0. The summed E-state index contributed by atoms with van der Waals surface area (Å²) in [5.41, 5.74) is 1.97. The van der Waals surface area contributed by atoms with Gasteiger partial charge in [-0.2, -0.15) is 5.10 Å². The summed E-state index contributed by atoms with van der Waals surface area (Å²) in [6.45, 7) is 3.52. The topological polar surface area (TPSA) is 85.2 Å². The lowest BCUT2D eigenvalue weighted by molar-refractivity contribution is -0.120. The minimum atomic E-state index is -0.444. The minimum absolute atomic E-state index is 0.0250. The number of benzene rings is 2. The molecule has 3 rings (SSSR count). The van der Waals surface area contributed by atoms with E-state index < -0.39 is 5.91 Å². The fraction of sp³-hybridized carbons (Fsp3) is 0.227. The molecule has 1 aromatic heterocycles. The SMILES string of the molecule is COc1cccc(-c2nn(-c3ccc(F)cc3)cc2C(=O)NCC(=O)NC(C)C)c1. The van der Waals surface area contributed by atoms with Crippen molar-refractivity contribution in [3.8, 4) is 22.7 Å². The number of hydrogen-bond acceptors (Lipinski definition) is 4. The van der Waals surface area contributed by atoms with Gasteiger partial charge in [0.25, 0.3) is 5.91 Å². The van der Waals surface area contributed by atoms with E-state index >= 15 is 0 Å². The van der Waals surface area contributed by atoms with E-state index in [1.807, 2.05) is 19.9 Å². The van der Waals surface area contributed by atoms with E-state index in [9.17, 15) is 14.0 Å². The predicted octanol–water partition coefficient (Wildman–Crippen LogP) is 2.94. The average molecular weight is 410 g/mol. The number of nitrogens with one attached hydrogen (secondary N) is 2. The Kier molecular flexibility index (Phi) is 6.46. The molecule has 0 unspecified atom stereocenters. The van der Waals surface area contributed by atoms with Crippen LogP contribution in [0.4, 0.5) is 4.39 Å². The molecule has 0 aliphatic carbocycles. The molecule has 7 nitrogen and oxygen atoms in total. The molecule has 3 aromatic rings. The Hall–Kier alpha value is -3.68. The van der Waals surface area contributed by atoms with Crippen LogP contribution in [-0.2, 0) is 4.79 Å². The molecule has 1 heterocycles.